The summed E-state index contributed by atoms with van der Waals surface area (Å²) in [5.41, 5.74) is 7.19. The highest BCUT2D eigenvalue weighted by atomic mass is 32.1. The maximum absolute atomic E-state index is 5.98. The van der Waals surface area contributed by atoms with Crippen LogP contribution in [-0.4, -0.2) is 48.7 Å². The molecule has 2 N–H and O–H groups in total. The van der Waals surface area contributed by atoms with Gasteiger partial charge >= 0.3 is 0 Å². The minimum Gasteiger partial charge on any atom is -0.378 e. The molecule has 6 heteroatoms. The van der Waals surface area contributed by atoms with Gasteiger partial charge in [-0.3, -0.25) is 4.99 Å². The lowest BCUT2D eigenvalue weighted by molar-refractivity contribution is 0.0674. The van der Waals surface area contributed by atoms with E-state index in [1.165, 1.54) is 10.6 Å². The summed E-state index contributed by atoms with van der Waals surface area (Å²) < 4.78 is 5.29. The van der Waals surface area contributed by atoms with Gasteiger partial charge in [-0.15, -0.1) is 11.3 Å². The molecule has 1 fully saturated rings. The quantitative estimate of drug-likeness (QED) is 0.666. The molecule has 0 aromatic carbocycles. The van der Waals surface area contributed by atoms with Crippen molar-refractivity contribution in [2.45, 2.75) is 26.7 Å². The molecule has 106 valence electrons. The van der Waals surface area contributed by atoms with Crippen LogP contribution in [0.25, 0.3) is 0 Å². The number of aryl methyl sites for hydroxylation is 2. The first-order valence-electron chi connectivity index (χ1n) is 6.78. The van der Waals surface area contributed by atoms with Crippen molar-refractivity contribution in [1.29, 1.82) is 0 Å². The van der Waals surface area contributed by atoms with E-state index in [9.17, 15) is 0 Å². The molecule has 0 atom stereocenters. The van der Waals surface area contributed by atoms with E-state index >= 15 is 0 Å². The van der Waals surface area contributed by atoms with Crippen LogP contribution in [0.4, 0.5) is 0 Å². The number of ether oxygens (including phenoxy) is 1. The van der Waals surface area contributed by atoms with Gasteiger partial charge < -0.3 is 15.4 Å². The van der Waals surface area contributed by atoms with Gasteiger partial charge in [0.25, 0.3) is 0 Å². The lowest BCUT2D eigenvalue weighted by atomic mass is 10.3. The topological polar surface area (TPSA) is 63.7 Å². The largest absolute Gasteiger partial charge is 0.378 e. The molecule has 1 aromatic heterocycles. The van der Waals surface area contributed by atoms with Crippen LogP contribution in [0.2, 0.25) is 0 Å². The van der Waals surface area contributed by atoms with Gasteiger partial charge in [-0.1, -0.05) is 6.92 Å². The zero-order valence-electron chi connectivity index (χ0n) is 11.7. The first-order valence-corrected chi connectivity index (χ1v) is 7.60. The van der Waals surface area contributed by atoms with E-state index < -0.39 is 0 Å². The summed E-state index contributed by atoms with van der Waals surface area (Å²) in [6, 6.07) is 0. The first kappa shape index (κ1) is 14.3. The molecule has 0 saturated carbocycles. The molecule has 1 saturated heterocycles. The number of thiazole rings is 1. The summed E-state index contributed by atoms with van der Waals surface area (Å²) in [4.78, 5) is 12.5. The number of rotatable bonds is 4. The lowest BCUT2D eigenvalue weighted by Crippen LogP contribution is -2.44. The smallest absolute Gasteiger partial charge is 0.191 e. The fourth-order valence-corrected chi connectivity index (χ4v) is 3.09. The van der Waals surface area contributed by atoms with Crippen molar-refractivity contribution >= 4 is 17.3 Å². The minimum atomic E-state index is 0.632. The standard InChI is InChI=1S/C13H22N4OS/c1-3-11-10(2)19-12(16-11)4-5-15-13(14)17-6-8-18-9-7-17/h3-9H2,1-2H3,(H2,14,15). The van der Waals surface area contributed by atoms with E-state index in [2.05, 4.69) is 28.7 Å². The van der Waals surface area contributed by atoms with Gasteiger partial charge in [0, 0.05) is 30.9 Å². The molecule has 1 aromatic rings. The highest BCUT2D eigenvalue weighted by Gasteiger charge is 2.12. The van der Waals surface area contributed by atoms with Crippen molar-refractivity contribution in [1.82, 2.24) is 9.88 Å². The van der Waals surface area contributed by atoms with Crippen molar-refractivity contribution < 1.29 is 4.74 Å². The second-order valence-corrected chi connectivity index (χ2v) is 5.84. The lowest BCUT2D eigenvalue weighted by Gasteiger charge is -2.27. The second kappa shape index (κ2) is 6.86. The molecule has 19 heavy (non-hydrogen) atoms. The predicted molar refractivity (Wildman–Crippen MR) is 78.8 cm³/mol. The Hall–Kier alpha value is -1.14. The number of aromatic nitrogens is 1. The minimum absolute atomic E-state index is 0.632. The predicted octanol–water partition coefficient (Wildman–Crippen LogP) is 1.20. The molecule has 1 aliphatic heterocycles. The van der Waals surface area contributed by atoms with Crippen LogP contribution in [0, 0.1) is 6.92 Å². The first-order chi connectivity index (χ1) is 9.20. The Labute approximate surface area is 118 Å². The van der Waals surface area contributed by atoms with Crippen molar-refractivity contribution in [3.8, 4) is 0 Å². The molecule has 2 heterocycles. The average Bonchev–Trinajstić information content (AvgIpc) is 2.80. The Balaban J connectivity index is 1.84. The van der Waals surface area contributed by atoms with Gasteiger partial charge in [0.15, 0.2) is 5.96 Å². The number of nitrogens with two attached hydrogens (primary N) is 1. The molecule has 1 aliphatic rings. The van der Waals surface area contributed by atoms with Crippen LogP contribution in [0.15, 0.2) is 4.99 Å². The summed E-state index contributed by atoms with van der Waals surface area (Å²) in [6.45, 7) is 8.13. The van der Waals surface area contributed by atoms with Crippen LogP contribution in [0.5, 0.6) is 0 Å². The van der Waals surface area contributed by atoms with E-state index in [0.29, 0.717) is 12.5 Å². The molecule has 5 nitrogen and oxygen atoms in total. The number of guanidine groups is 1. The van der Waals surface area contributed by atoms with Crippen molar-refractivity contribution in [3.63, 3.8) is 0 Å². The third-order valence-corrected chi connectivity index (χ3v) is 4.28. The highest BCUT2D eigenvalue weighted by molar-refractivity contribution is 7.11. The summed E-state index contributed by atoms with van der Waals surface area (Å²) >= 11 is 1.77. The summed E-state index contributed by atoms with van der Waals surface area (Å²) in [5, 5.41) is 1.16. The monoisotopic (exact) mass is 282 g/mol. The fourth-order valence-electron chi connectivity index (χ4n) is 2.08. The Morgan fingerprint density at radius 2 is 2.21 bits per heavy atom. The van der Waals surface area contributed by atoms with Crippen molar-refractivity contribution in [3.05, 3.63) is 15.6 Å². The molecule has 0 amide bonds. The fraction of sp³-hybridized carbons (Fsp3) is 0.692. The van der Waals surface area contributed by atoms with Crippen LogP contribution in [-0.2, 0) is 17.6 Å². The highest BCUT2D eigenvalue weighted by Crippen LogP contribution is 2.18. The van der Waals surface area contributed by atoms with E-state index in [0.717, 1.165) is 44.2 Å². The average molecular weight is 282 g/mol. The van der Waals surface area contributed by atoms with Gasteiger partial charge in [-0.2, -0.15) is 0 Å². The Bertz CT molecular complexity index is 438. The Morgan fingerprint density at radius 1 is 1.47 bits per heavy atom. The number of nitrogens with zero attached hydrogens (tertiary/aromatic N) is 3. The summed E-state index contributed by atoms with van der Waals surface area (Å²) in [5.74, 6) is 0.632. The summed E-state index contributed by atoms with van der Waals surface area (Å²) in [7, 11) is 0. The Morgan fingerprint density at radius 3 is 2.84 bits per heavy atom. The third kappa shape index (κ3) is 3.91. The molecule has 2 rings (SSSR count). The Kier molecular flexibility index (Phi) is 5.15. The van der Waals surface area contributed by atoms with Gasteiger partial charge in [-0.25, -0.2) is 4.98 Å². The maximum Gasteiger partial charge on any atom is 0.191 e. The normalized spacial score (nSPS) is 16.9. The third-order valence-electron chi connectivity index (χ3n) is 3.21. The molecule has 0 spiro atoms. The molecule has 0 radical (unpaired) electrons. The van der Waals surface area contributed by atoms with Crippen LogP contribution in [0.3, 0.4) is 0 Å². The zero-order chi connectivity index (χ0) is 13.7. The van der Waals surface area contributed by atoms with Gasteiger partial charge in [0.2, 0.25) is 0 Å². The van der Waals surface area contributed by atoms with E-state index in [1.54, 1.807) is 11.3 Å². The van der Waals surface area contributed by atoms with Gasteiger partial charge in [0.1, 0.15) is 0 Å². The number of morpholine rings is 1. The van der Waals surface area contributed by atoms with Crippen LogP contribution >= 0.6 is 11.3 Å². The molecule has 0 bridgehead atoms. The van der Waals surface area contributed by atoms with E-state index in [4.69, 9.17) is 10.5 Å². The van der Waals surface area contributed by atoms with Gasteiger partial charge in [-0.05, 0) is 13.3 Å². The number of hydrogen-bond donors (Lipinski definition) is 1. The zero-order valence-corrected chi connectivity index (χ0v) is 12.5. The SMILES string of the molecule is CCc1nc(CCN=C(N)N2CCOCC2)sc1C. The van der Waals surface area contributed by atoms with E-state index in [1.807, 2.05) is 0 Å². The summed E-state index contributed by atoms with van der Waals surface area (Å²) in [6.07, 6.45) is 1.87. The van der Waals surface area contributed by atoms with Crippen molar-refractivity contribution in [2.75, 3.05) is 32.8 Å². The van der Waals surface area contributed by atoms with Gasteiger partial charge in [0.05, 0.1) is 23.9 Å². The molecular weight excluding hydrogens is 260 g/mol. The molecule has 0 aliphatic carbocycles. The van der Waals surface area contributed by atoms with Crippen LogP contribution < -0.4 is 5.73 Å². The molecule has 0 unspecified atom stereocenters. The van der Waals surface area contributed by atoms with E-state index in [-0.39, 0.29) is 0 Å². The number of aliphatic imine (C=N–C) groups is 1. The maximum atomic E-state index is 5.98. The number of hydrogen-bond acceptors (Lipinski definition) is 4. The van der Waals surface area contributed by atoms with Crippen LogP contribution in [0.1, 0.15) is 22.5 Å². The second-order valence-electron chi connectivity index (χ2n) is 4.55. The molecular formula is C13H22N4OS. The van der Waals surface area contributed by atoms with Crippen molar-refractivity contribution in [2.24, 2.45) is 10.7 Å².